The Labute approximate surface area is 133 Å². The van der Waals surface area contributed by atoms with Crippen LogP contribution in [0.5, 0.6) is 0 Å². The predicted molar refractivity (Wildman–Crippen MR) is 80.0 cm³/mol. The molecule has 0 aliphatic carbocycles. The number of esters is 1. The summed E-state index contributed by atoms with van der Waals surface area (Å²) in [5.41, 5.74) is 0.755. The quantitative estimate of drug-likeness (QED) is 0.268. The van der Waals surface area contributed by atoms with E-state index in [1.807, 2.05) is 0 Å². The molecule has 0 saturated carbocycles. The molecule has 0 atom stereocenters. The van der Waals surface area contributed by atoms with Crippen LogP contribution in [0.15, 0.2) is 36.1 Å². The van der Waals surface area contributed by atoms with Crippen LogP contribution in [0.3, 0.4) is 0 Å². The van der Waals surface area contributed by atoms with Crippen LogP contribution in [-0.4, -0.2) is 54.2 Å². The van der Waals surface area contributed by atoms with E-state index in [0.717, 1.165) is 11.0 Å². The minimum absolute atomic E-state index is 0.0478. The molecule has 0 fully saturated rings. The lowest BCUT2D eigenvalue weighted by Gasteiger charge is -2.13. The molecule has 0 bridgehead atoms. The van der Waals surface area contributed by atoms with Gasteiger partial charge in [-0.3, -0.25) is 14.5 Å². The van der Waals surface area contributed by atoms with Crippen molar-refractivity contribution in [1.29, 1.82) is 0 Å². The van der Waals surface area contributed by atoms with Gasteiger partial charge >= 0.3 is 5.97 Å². The largest absolute Gasteiger partial charge is 0.510 e. The van der Waals surface area contributed by atoms with E-state index in [2.05, 4.69) is 4.74 Å². The maximum absolute atomic E-state index is 12.1. The molecule has 0 unspecified atom stereocenters. The first-order valence-corrected chi connectivity index (χ1v) is 7.13. The van der Waals surface area contributed by atoms with Gasteiger partial charge in [-0.05, 0) is 19.1 Å². The van der Waals surface area contributed by atoms with E-state index in [9.17, 15) is 19.5 Å². The molecular weight excluding hydrogens is 302 g/mol. The summed E-state index contributed by atoms with van der Waals surface area (Å²) in [5, 5.41) is 9.47. The zero-order valence-electron chi connectivity index (χ0n) is 12.7. The van der Waals surface area contributed by atoms with Crippen LogP contribution >= 0.6 is 0 Å². The number of benzene rings is 1. The van der Waals surface area contributed by atoms with Crippen molar-refractivity contribution in [3.63, 3.8) is 0 Å². The van der Waals surface area contributed by atoms with Gasteiger partial charge in [0.2, 0.25) is 0 Å². The van der Waals surface area contributed by atoms with Crippen LogP contribution in [-0.2, 0) is 14.3 Å². The van der Waals surface area contributed by atoms with Gasteiger partial charge in [-0.15, -0.1) is 0 Å². The predicted octanol–water partition coefficient (Wildman–Crippen LogP) is 1.30. The number of hydrogen-bond donors (Lipinski definition) is 1. The highest BCUT2D eigenvalue weighted by molar-refractivity contribution is 6.21. The van der Waals surface area contributed by atoms with E-state index < -0.39 is 5.97 Å². The molecule has 1 aliphatic rings. The number of ether oxygens (including phenoxy) is 2. The third-order valence-corrected chi connectivity index (χ3v) is 3.16. The zero-order valence-corrected chi connectivity index (χ0v) is 12.7. The lowest BCUT2D eigenvalue weighted by Crippen LogP contribution is -2.33. The van der Waals surface area contributed by atoms with Gasteiger partial charge in [0.05, 0.1) is 37.0 Å². The van der Waals surface area contributed by atoms with Crippen LogP contribution in [0.25, 0.3) is 0 Å². The van der Waals surface area contributed by atoms with Gasteiger partial charge in [0.1, 0.15) is 12.4 Å². The van der Waals surface area contributed by atoms with Crippen LogP contribution in [0.2, 0.25) is 0 Å². The van der Waals surface area contributed by atoms with E-state index in [1.165, 1.54) is 0 Å². The standard InChI is InChI=1S/C16H17NO6/c1-2-23-14(19)9-11(18)10-22-8-7-17-15(20)12-5-3-4-6-13(12)16(17)21/h3-6,9,18H,2,7-8,10H2,1H3/b11-9-. The number of aliphatic hydroxyl groups excluding tert-OH is 1. The first kappa shape index (κ1) is 16.7. The molecule has 0 spiro atoms. The maximum Gasteiger partial charge on any atom is 0.334 e. The molecule has 23 heavy (non-hydrogen) atoms. The Morgan fingerprint density at radius 2 is 1.83 bits per heavy atom. The molecule has 2 amide bonds. The average molecular weight is 319 g/mol. The van der Waals surface area contributed by atoms with Gasteiger partial charge in [-0.2, -0.15) is 0 Å². The van der Waals surface area contributed by atoms with Gasteiger partial charge in [0.25, 0.3) is 11.8 Å². The molecule has 1 N–H and O–H groups in total. The number of carbonyl (C=O) groups excluding carboxylic acids is 3. The van der Waals surface area contributed by atoms with E-state index in [-0.39, 0.29) is 43.9 Å². The van der Waals surface area contributed by atoms with Crippen LogP contribution in [0, 0.1) is 0 Å². The summed E-state index contributed by atoms with van der Waals surface area (Å²) in [6.45, 7) is 1.78. The minimum Gasteiger partial charge on any atom is -0.510 e. The van der Waals surface area contributed by atoms with Crippen molar-refractivity contribution in [3.8, 4) is 0 Å². The van der Waals surface area contributed by atoms with E-state index in [4.69, 9.17) is 4.74 Å². The Morgan fingerprint density at radius 3 is 2.39 bits per heavy atom. The zero-order chi connectivity index (χ0) is 16.8. The third-order valence-electron chi connectivity index (χ3n) is 3.16. The highest BCUT2D eigenvalue weighted by atomic mass is 16.5. The smallest absolute Gasteiger partial charge is 0.334 e. The highest BCUT2D eigenvalue weighted by Crippen LogP contribution is 2.21. The van der Waals surface area contributed by atoms with Crippen LogP contribution < -0.4 is 0 Å². The number of rotatable bonds is 7. The van der Waals surface area contributed by atoms with Crippen molar-refractivity contribution in [2.24, 2.45) is 0 Å². The number of amides is 2. The normalized spacial score (nSPS) is 14.1. The summed E-state index contributed by atoms with van der Waals surface area (Å²) in [4.78, 5) is 36.3. The molecule has 122 valence electrons. The summed E-state index contributed by atoms with van der Waals surface area (Å²) < 4.78 is 9.80. The van der Waals surface area contributed by atoms with E-state index >= 15 is 0 Å². The van der Waals surface area contributed by atoms with Gasteiger partial charge in [0.15, 0.2) is 0 Å². The number of nitrogens with zero attached hydrogens (tertiary/aromatic N) is 1. The Kier molecular flexibility index (Phi) is 5.48. The fraction of sp³-hybridized carbons (Fsp3) is 0.312. The first-order valence-electron chi connectivity index (χ1n) is 7.13. The van der Waals surface area contributed by atoms with Crippen molar-refractivity contribution >= 4 is 17.8 Å². The first-order chi connectivity index (χ1) is 11.0. The number of carbonyl (C=O) groups is 3. The summed E-state index contributed by atoms with van der Waals surface area (Å²) in [5.74, 6) is -1.67. The summed E-state index contributed by atoms with van der Waals surface area (Å²) >= 11 is 0. The second kappa shape index (κ2) is 7.55. The Bertz CT molecular complexity index is 617. The molecule has 1 aliphatic heterocycles. The topological polar surface area (TPSA) is 93.1 Å². The third kappa shape index (κ3) is 3.95. The van der Waals surface area contributed by atoms with Gasteiger partial charge in [-0.25, -0.2) is 4.79 Å². The van der Waals surface area contributed by atoms with Crippen molar-refractivity contribution in [2.45, 2.75) is 6.92 Å². The van der Waals surface area contributed by atoms with E-state index in [0.29, 0.717) is 11.1 Å². The highest BCUT2D eigenvalue weighted by Gasteiger charge is 2.34. The molecule has 1 aromatic carbocycles. The Morgan fingerprint density at radius 1 is 1.22 bits per heavy atom. The van der Waals surface area contributed by atoms with Crippen molar-refractivity contribution in [1.82, 2.24) is 4.90 Å². The molecule has 7 heteroatoms. The summed E-state index contributed by atoms with van der Waals surface area (Å²) in [6.07, 6.45) is 0.922. The fourth-order valence-electron chi connectivity index (χ4n) is 2.14. The van der Waals surface area contributed by atoms with Crippen molar-refractivity contribution in [3.05, 3.63) is 47.2 Å². The second-order valence-electron chi connectivity index (χ2n) is 4.75. The number of hydrogen-bond acceptors (Lipinski definition) is 6. The average Bonchev–Trinajstić information content (AvgIpc) is 2.76. The number of aliphatic hydroxyl groups is 1. The molecule has 1 aromatic rings. The van der Waals surface area contributed by atoms with Gasteiger partial charge in [0, 0.05) is 0 Å². The van der Waals surface area contributed by atoms with Crippen LogP contribution in [0.1, 0.15) is 27.6 Å². The van der Waals surface area contributed by atoms with Crippen molar-refractivity contribution in [2.75, 3.05) is 26.4 Å². The molecule has 2 rings (SSSR count). The van der Waals surface area contributed by atoms with Gasteiger partial charge < -0.3 is 14.6 Å². The second-order valence-corrected chi connectivity index (χ2v) is 4.75. The number of imide groups is 1. The number of fused-ring (bicyclic) bond motifs is 1. The van der Waals surface area contributed by atoms with Gasteiger partial charge in [-0.1, -0.05) is 12.1 Å². The molecule has 0 saturated heterocycles. The minimum atomic E-state index is -0.658. The lowest BCUT2D eigenvalue weighted by molar-refractivity contribution is -0.137. The summed E-state index contributed by atoms with van der Waals surface area (Å²) in [6, 6.07) is 6.60. The SMILES string of the molecule is CCOC(=O)/C=C(\O)COCCN1C(=O)c2ccccc2C1=O. The Hall–Kier alpha value is -2.67. The molecule has 1 heterocycles. The molecule has 7 nitrogen and oxygen atoms in total. The monoisotopic (exact) mass is 319 g/mol. The Balaban J connectivity index is 1.81. The fourth-order valence-corrected chi connectivity index (χ4v) is 2.14. The molecule has 0 radical (unpaired) electrons. The van der Waals surface area contributed by atoms with E-state index in [1.54, 1.807) is 31.2 Å². The molecule has 0 aromatic heterocycles. The lowest BCUT2D eigenvalue weighted by atomic mass is 10.1. The summed E-state index contributed by atoms with van der Waals surface area (Å²) in [7, 11) is 0. The van der Waals surface area contributed by atoms with Crippen molar-refractivity contribution < 1.29 is 29.0 Å². The maximum atomic E-state index is 12.1. The molecular formula is C16H17NO6. The van der Waals surface area contributed by atoms with Crippen LogP contribution in [0.4, 0.5) is 0 Å².